The minimum Gasteiger partial charge on any atom is -0.489 e. The number of aliphatic hydroxyl groups excluding tert-OH is 1. The standard InChI is InChI=1S/C25H22N2O4.CH4O/c26-15-21(14-25(28)29)19-8-12-23(13-9-19)30-16-18-6-10-22(11-7-18)31-17-24(27)20-4-2-1-3-5-20;1-2/h1-13,21,27H,14,16-17H2,(H,28,29);2H,1H3. The molecule has 0 heterocycles. The van der Waals surface area contributed by atoms with Crippen molar-refractivity contribution in [2.45, 2.75) is 18.9 Å². The number of carbonyl (C=O) groups is 1. The highest BCUT2D eigenvalue weighted by Gasteiger charge is 2.14. The number of hydrogen-bond acceptors (Lipinski definition) is 6. The van der Waals surface area contributed by atoms with Crippen LogP contribution >= 0.6 is 0 Å². The van der Waals surface area contributed by atoms with Gasteiger partial charge in [-0.3, -0.25) is 4.79 Å². The largest absolute Gasteiger partial charge is 0.489 e. The topological polar surface area (TPSA) is 124 Å². The smallest absolute Gasteiger partial charge is 0.305 e. The number of nitriles is 1. The van der Waals surface area contributed by atoms with E-state index in [1.807, 2.05) is 60.7 Å². The molecule has 3 aromatic rings. The molecule has 170 valence electrons. The number of carboxylic acids is 1. The van der Waals surface area contributed by atoms with Crippen LogP contribution in [-0.2, 0) is 11.4 Å². The van der Waals surface area contributed by atoms with Gasteiger partial charge in [-0.15, -0.1) is 0 Å². The van der Waals surface area contributed by atoms with Crippen LogP contribution < -0.4 is 9.47 Å². The number of rotatable bonds is 10. The maximum atomic E-state index is 10.8. The van der Waals surface area contributed by atoms with E-state index in [1.54, 1.807) is 24.3 Å². The first-order valence-corrected chi connectivity index (χ1v) is 10.2. The zero-order valence-electron chi connectivity index (χ0n) is 18.3. The Kier molecular flexibility index (Phi) is 10.1. The summed E-state index contributed by atoms with van der Waals surface area (Å²) in [6.07, 6.45) is -0.226. The van der Waals surface area contributed by atoms with Gasteiger partial charge < -0.3 is 25.1 Å². The molecule has 0 aliphatic carbocycles. The third-order valence-electron chi connectivity index (χ3n) is 4.65. The average molecular weight is 447 g/mol. The predicted octanol–water partition coefficient (Wildman–Crippen LogP) is 4.40. The maximum absolute atomic E-state index is 10.8. The summed E-state index contributed by atoms with van der Waals surface area (Å²) in [6, 6.07) is 25.8. The van der Waals surface area contributed by atoms with Crippen molar-refractivity contribution in [2.75, 3.05) is 13.7 Å². The van der Waals surface area contributed by atoms with Crippen LogP contribution in [0.15, 0.2) is 78.9 Å². The lowest BCUT2D eigenvalue weighted by atomic mass is 9.97. The van der Waals surface area contributed by atoms with Crippen LogP contribution in [0.5, 0.6) is 11.5 Å². The lowest BCUT2D eigenvalue weighted by Gasteiger charge is -2.11. The van der Waals surface area contributed by atoms with Gasteiger partial charge in [-0.1, -0.05) is 54.6 Å². The van der Waals surface area contributed by atoms with Crippen LogP contribution in [0.4, 0.5) is 0 Å². The quantitative estimate of drug-likeness (QED) is 0.397. The molecule has 0 bridgehead atoms. The highest BCUT2D eigenvalue weighted by molar-refractivity contribution is 5.99. The Labute approximate surface area is 193 Å². The number of nitrogens with one attached hydrogen (secondary N) is 1. The predicted molar refractivity (Wildman–Crippen MR) is 125 cm³/mol. The Bertz CT molecular complexity index is 1060. The van der Waals surface area contributed by atoms with E-state index in [2.05, 4.69) is 0 Å². The second-order valence-electron chi connectivity index (χ2n) is 6.91. The molecule has 1 atom stereocenters. The second-order valence-corrected chi connectivity index (χ2v) is 6.91. The molecule has 0 radical (unpaired) electrons. The molecule has 3 aromatic carbocycles. The average Bonchev–Trinajstić information content (AvgIpc) is 2.87. The monoisotopic (exact) mass is 446 g/mol. The Balaban J connectivity index is 0.00000187. The van der Waals surface area contributed by atoms with Gasteiger partial charge in [0.25, 0.3) is 0 Å². The van der Waals surface area contributed by atoms with E-state index < -0.39 is 11.9 Å². The molecule has 1 unspecified atom stereocenters. The number of carboxylic acid groups (broad SMARTS) is 1. The molecule has 0 saturated heterocycles. The number of ether oxygens (including phenoxy) is 2. The molecule has 33 heavy (non-hydrogen) atoms. The first-order chi connectivity index (χ1) is 16.0. The minimum atomic E-state index is -1.00. The van der Waals surface area contributed by atoms with E-state index in [1.165, 1.54) is 0 Å². The third kappa shape index (κ3) is 8.13. The number of nitrogens with zero attached hydrogens (tertiary/aromatic N) is 1. The molecule has 0 fully saturated rings. The fraction of sp³-hybridized carbons (Fsp3) is 0.192. The van der Waals surface area contributed by atoms with Crippen molar-refractivity contribution in [3.63, 3.8) is 0 Å². The lowest BCUT2D eigenvalue weighted by Crippen LogP contribution is -2.11. The first-order valence-electron chi connectivity index (χ1n) is 10.2. The van der Waals surface area contributed by atoms with E-state index in [4.69, 9.17) is 30.4 Å². The van der Waals surface area contributed by atoms with Crippen LogP contribution in [0, 0.1) is 16.7 Å². The van der Waals surface area contributed by atoms with Crippen molar-refractivity contribution >= 4 is 11.7 Å². The maximum Gasteiger partial charge on any atom is 0.305 e. The van der Waals surface area contributed by atoms with Crippen LogP contribution in [0.25, 0.3) is 0 Å². The van der Waals surface area contributed by atoms with E-state index in [-0.39, 0.29) is 13.0 Å². The highest BCUT2D eigenvalue weighted by atomic mass is 16.5. The van der Waals surface area contributed by atoms with Gasteiger partial charge in [0.1, 0.15) is 24.7 Å². The molecule has 0 amide bonds. The van der Waals surface area contributed by atoms with E-state index in [0.29, 0.717) is 29.4 Å². The molecule has 3 rings (SSSR count). The van der Waals surface area contributed by atoms with Gasteiger partial charge in [0.2, 0.25) is 0 Å². The fourth-order valence-corrected chi connectivity index (χ4v) is 2.94. The molecular formula is C26H26N2O5. The molecule has 3 N–H and O–H groups in total. The normalized spacial score (nSPS) is 10.7. The summed E-state index contributed by atoms with van der Waals surface area (Å²) in [6.45, 7) is 0.550. The van der Waals surface area contributed by atoms with Crippen molar-refractivity contribution in [1.82, 2.24) is 0 Å². The summed E-state index contributed by atoms with van der Waals surface area (Å²) in [4.78, 5) is 10.8. The van der Waals surface area contributed by atoms with E-state index in [9.17, 15) is 4.79 Å². The molecule has 0 saturated carbocycles. The van der Waals surface area contributed by atoms with Gasteiger partial charge in [0.15, 0.2) is 0 Å². The number of aliphatic hydroxyl groups is 1. The second kappa shape index (κ2) is 13.3. The molecule has 7 heteroatoms. The Hall–Kier alpha value is -4.15. The molecule has 0 aliphatic rings. The number of hydrogen-bond donors (Lipinski definition) is 3. The Morgan fingerprint density at radius 3 is 2.09 bits per heavy atom. The number of aliphatic carboxylic acids is 1. The SMILES string of the molecule is CO.N#CC(CC(=O)O)c1ccc(OCc2ccc(OCC(=N)c3ccccc3)cc2)cc1. The van der Waals surface area contributed by atoms with Crippen LogP contribution in [0.1, 0.15) is 29.0 Å². The summed E-state index contributed by atoms with van der Waals surface area (Å²) in [5, 5.41) is 33.1. The van der Waals surface area contributed by atoms with Crippen LogP contribution in [-0.4, -0.2) is 35.6 Å². The molecule has 0 aliphatic heterocycles. The zero-order valence-corrected chi connectivity index (χ0v) is 18.3. The van der Waals surface area contributed by atoms with Gasteiger partial charge in [-0.05, 0) is 41.0 Å². The molecule has 0 aromatic heterocycles. The van der Waals surface area contributed by atoms with Crippen molar-refractivity contribution in [3.05, 3.63) is 95.6 Å². The van der Waals surface area contributed by atoms with Crippen molar-refractivity contribution in [3.8, 4) is 17.6 Å². The molecular weight excluding hydrogens is 420 g/mol. The summed E-state index contributed by atoms with van der Waals surface area (Å²) < 4.78 is 11.4. The van der Waals surface area contributed by atoms with E-state index >= 15 is 0 Å². The third-order valence-corrected chi connectivity index (χ3v) is 4.65. The van der Waals surface area contributed by atoms with Crippen molar-refractivity contribution in [2.24, 2.45) is 0 Å². The first kappa shape index (κ1) is 25.1. The minimum absolute atomic E-state index is 0.192. The number of benzene rings is 3. The van der Waals surface area contributed by atoms with Crippen molar-refractivity contribution < 1.29 is 24.5 Å². The van der Waals surface area contributed by atoms with Crippen molar-refractivity contribution in [1.29, 1.82) is 10.7 Å². The van der Waals surface area contributed by atoms with E-state index in [0.717, 1.165) is 18.2 Å². The van der Waals surface area contributed by atoms with Crippen LogP contribution in [0.3, 0.4) is 0 Å². The summed E-state index contributed by atoms with van der Waals surface area (Å²) in [5.41, 5.74) is 2.86. The van der Waals surface area contributed by atoms with Gasteiger partial charge in [-0.25, -0.2) is 0 Å². The summed E-state index contributed by atoms with van der Waals surface area (Å²) in [5.74, 6) is -0.374. The lowest BCUT2D eigenvalue weighted by molar-refractivity contribution is -0.137. The highest BCUT2D eigenvalue weighted by Crippen LogP contribution is 2.23. The summed E-state index contributed by atoms with van der Waals surface area (Å²) >= 11 is 0. The summed E-state index contributed by atoms with van der Waals surface area (Å²) in [7, 11) is 1.00. The molecule has 7 nitrogen and oxygen atoms in total. The van der Waals surface area contributed by atoms with Crippen LogP contribution in [0.2, 0.25) is 0 Å². The Morgan fingerprint density at radius 2 is 1.52 bits per heavy atom. The van der Waals surface area contributed by atoms with Gasteiger partial charge in [0, 0.05) is 7.11 Å². The zero-order chi connectivity index (χ0) is 24.1. The molecule has 0 spiro atoms. The van der Waals surface area contributed by atoms with Gasteiger partial charge in [0.05, 0.1) is 24.1 Å². The van der Waals surface area contributed by atoms with Gasteiger partial charge >= 0.3 is 5.97 Å². The fourth-order valence-electron chi connectivity index (χ4n) is 2.94. The Morgan fingerprint density at radius 1 is 0.939 bits per heavy atom. The van der Waals surface area contributed by atoms with Gasteiger partial charge in [-0.2, -0.15) is 5.26 Å².